The molecule has 2 atom stereocenters. The van der Waals surface area contributed by atoms with Gasteiger partial charge in [-0.05, 0) is 24.5 Å². The van der Waals surface area contributed by atoms with Crippen LogP contribution >= 0.6 is 11.8 Å². The number of carbonyl (C=O) groups excluding carboxylic acids is 2. The topological polar surface area (TPSA) is 65.1 Å². The highest BCUT2D eigenvalue weighted by atomic mass is 32.2. The maximum absolute atomic E-state index is 13.3. The minimum Gasteiger partial charge on any atom is -0.497 e. The molecule has 1 saturated heterocycles. The Morgan fingerprint density at radius 1 is 1.19 bits per heavy atom. The third kappa shape index (κ3) is 4.44. The number of benzene rings is 1. The van der Waals surface area contributed by atoms with Crippen molar-refractivity contribution in [2.75, 3.05) is 26.6 Å². The minimum atomic E-state index is -0.580. The second-order valence-electron chi connectivity index (χ2n) is 6.46. The molecule has 0 aliphatic carbocycles. The zero-order valence-corrected chi connectivity index (χ0v) is 16.8. The van der Waals surface area contributed by atoms with Crippen LogP contribution in [0.4, 0.5) is 0 Å². The second kappa shape index (κ2) is 9.16. The average Bonchev–Trinajstić information content (AvgIpc) is 3.10. The number of esters is 1. The van der Waals surface area contributed by atoms with Crippen LogP contribution < -0.4 is 9.47 Å². The fraction of sp³-hybridized carbons (Fsp3) is 0.579. The first-order valence-corrected chi connectivity index (χ1v) is 9.81. The summed E-state index contributed by atoms with van der Waals surface area (Å²) in [6, 6.07) is 4.46. The summed E-state index contributed by atoms with van der Waals surface area (Å²) in [6.45, 7) is 6.40. The SMILES string of the molecule is CCCOC(=O)C1CSC(C(C)C)N1C(=O)c1cc(OC)cc(OC)c1. The van der Waals surface area contributed by atoms with Gasteiger partial charge in [-0.1, -0.05) is 20.8 Å². The lowest BCUT2D eigenvalue weighted by atomic mass is 10.1. The lowest BCUT2D eigenvalue weighted by Gasteiger charge is -2.30. The van der Waals surface area contributed by atoms with E-state index in [1.54, 1.807) is 34.9 Å². The molecule has 2 rings (SSSR count). The number of hydrogen-bond donors (Lipinski definition) is 0. The molecule has 6 nitrogen and oxygen atoms in total. The van der Waals surface area contributed by atoms with Gasteiger partial charge in [0.25, 0.3) is 5.91 Å². The summed E-state index contributed by atoms with van der Waals surface area (Å²) in [5.74, 6) is 1.25. The minimum absolute atomic E-state index is 0.0844. The summed E-state index contributed by atoms with van der Waals surface area (Å²) in [5.41, 5.74) is 0.433. The Labute approximate surface area is 159 Å². The fourth-order valence-electron chi connectivity index (χ4n) is 2.86. The molecular formula is C19H27NO5S. The summed E-state index contributed by atoms with van der Waals surface area (Å²) in [6.07, 6.45) is 0.750. The summed E-state index contributed by atoms with van der Waals surface area (Å²) >= 11 is 1.61. The van der Waals surface area contributed by atoms with E-state index in [2.05, 4.69) is 0 Å². The number of hydrogen-bond acceptors (Lipinski definition) is 6. The van der Waals surface area contributed by atoms with Crippen LogP contribution in [0.5, 0.6) is 11.5 Å². The Morgan fingerprint density at radius 3 is 2.31 bits per heavy atom. The van der Waals surface area contributed by atoms with E-state index in [1.807, 2.05) is 20.8 Å². The van der Waals surface area contributed by atoms with Crippen LogP contribution in [0.3, 0.4) is 0 Å². The number of thioether (sulfide) groups is 1. The Hall–Kier alpha value is -1.89. The highest BCUT2D eigenvalue weighted by molar-refractivity contribution is 8.00. The van der Waals surface area contributed by atoms with Crippen LogP contribution in [-0.2, 0) is 9.53 Å². The number of nitrogens with zero attached hydrogens (tertiary/aromatic N) is 1. The van der Waals surface area contributed by atoms with Gasteiger partial charge in [-0.3, -0.25) is 4.79 Å². The molecule has 1 fully saturated rings. The van der Waals surface area contributed by atoms with E-state index in [0.717, 1.165) is 6.42 Å². The highest BCUT2D eigenvalue weighted by Crippen LogP contribution is 2.36. The van der Waals surface area contributed by atoms with Gasteiger partial charge >= 0.3 is 5.97 Å². The van der Waals surface area contributed by atoms with Gasteiger partial charge in [0.1, 0.15) is 17.5 Å². The molecular weight excluding hydrogens is 354 g/mol. The number of amides is 1. The molecule has 0 aromatic heterocycles. The van der Waals surface area contributed by atoms with Gasteiger partial charge in [-0.15, -0.1) is 11.8 Å². The summed E-state index contributed by atoms with van der Waals surface area (Å²) in [7, 11) is 3.08. The molecule has 26 heavy (non-hydrogen) atoms. The van der Waals surface area contributed by atoms with Crippen LogP contribution in [0.15, 0.2) is 18.2 Å². The predicted molar refractivity (Wildman–Crippen MR) is 102 cm³/mol. The Kier molecular flexibility index (Phi) is 7.20. The molecule has 2 unspecified atom stereocenters. The molecule has 0 bridgehead atoms. The Morgan fingerprint density at radius 2 is 1.81 bits per heavy atom. The van der Waals surface area contributed by atoms with E-state index in [4.69, 9.17) is 14.2 Å². The standard InChI is InChI=1S/C19H27NO5S/c1-6-7-25-19(22)16-11-26-18(12(2)3)20(16)17(21)13-8-14(23-4)10-15(9-13)24-5/h8-10,12,16,18H,6-7,11H2,1-5H3. The molecule has 1 aliphatic heterocycles. The van der Waals surface area contributed by atoms with Crippen molar-refractivity contribution in [2.45, 2.75) is 38.6 Å². The third-order valence-electron chi connectivity index (χ3n) is 4.16. The fourth-order valence-corrected chi connectivity index (χ4v) is 4.32. The van der Waals surface area contributed by atoms with Crippen molar-refractivity contribution in [1.29, 1.82) is 0 Å². The first-order valence-electron chi connectivity index (χ1n) is 8.76. The molecule has 0 radical (unpaired) electrons. The smallest absolute Gasteiger partial charge is 0.329 e. The normalized spacial score (nSPS) is 19.5. The summed E-state index contributed by atoms with van der Waals surface area (Å²) in [4.78, 5) is 27.4. The van der Waals surface area contributed by atoms with E-state index in [9.17, 15) is 9.59 Å². The van der Waals surface area contributed by atoms with Crippen LogP contribution in [0, 0.1) is 5.92 Å². The van der Waals surface area contributed by atoms with E-state index < -0.39 is 6.04 Å². The van der Waals surface area contributed by atoms with Crippen LogP contribution in [-0.4, -0.2) is 54.8 Å². The van der Waals surface area contributed by atoms with Gasteiger partial charge < -0.3 is 19.1 Å². The van der Waals surface area contributed by atoms with E-state index >= 15 is 0 Å². The van der Waals surface area contributed by atoms with Gasteiger partial charge in [0, 0.05) is 17.4 Å². The number of ether oxygens (including phenoxy) is 3. The largest absolute Gasteiger partial charge is 0.497 e. The van der Waals surface area contributed by atoms with E-state index in [1.165, 1.54) is 14.2 Å². The Balaban J connectivity index is 2.35. The quantitative estimate of drug-likeness (QED) is 0.676. The predicted octanol–water partition coefficient (Wildman–Crippen LogP) is 3.20. The zero-order valence-electron chi connectivity index (χ0n) is 16.0. The van der Waals surface area contributed by atoms with E-state index in [0.29, 0.717) is 29.4 Å². The van der Waals surface area contributed by atoms with Crippen molar-refractivity contribution in [3.05, 3.63) is 23.8 Å². The third-order valence-corrected chi connectivity index (χ3v) is 5.78. The lowest BCUT2D eigenvalue weighted by Crippen LogP contribution is -2.47. The number of carbonyl (C=O) groups is 2. The van der Waals surface area contributed by atoms with Crippen molar-refractivity contribution in [1.82, 2.24) is 4.90 Å². The molecule has 0 saturated carbocycles. The molecule has 1 aromatic carbocycles. The molecule has 1 aromatic rings. The van der Waals surface area contributed by atoms with Gasteiger partial charge in [0.15, 0.2) is 0 Å². The Bertz CT molecular complexity index is 627. The monoisotopic (exact) mass is 381 g/mol. The average molecular weight is 381 g/mol. The molecule has 1 aliphatic rings. The maximum atomic E-state index is 13.3. The summed E-state index contributed by atoms with van der Waals surface area (Å²) in [5, 5.41) is -0.0844. The molecule has 7 heteroatoms. The number of rotatable bonds is 7. The molecule has 1 amide bonds. The molecule has 0 N–H and O–H groups in total. The molecule has 1 heterocycles. The molecule has 0 spiro atoms. The maximum Gasteiger partial charge on any atom is 0.329 e. The van der Waals surface area contributed by atoms with E-state index in [-0.39, 0.29) is 23.2 Å². The first kappa shape index (κ1) is 20.4. The highest BCUT2D eigenvalue weighted by Gasteiger charge is 2.44. The van der Waals surface area contributed by atoms with Crippen LogP contribution in [0.25, 0.3) is 0 Å². The molecule has 144 valence electrons. The van der Waals surface area contributed by atoms with Crippen LogP contribution in [0.1, 0.15) is 37.6 Å². The summed E-state index contributed by atoms with van der Waals surface area (Å²) < 4.78 is 15.8. The second-order valence-corrected chi connectivity index (χ2v) is 7.61. The van der Waals surface area contributed by atoms with Gasteiger partial charge in [0.2, 0.25) is 0 Å². The van der Waals surface area contributed by atoms with Crippen molar-refractivity contribution in [2.24, 2.45) is 5.92 Å². The zero-order chi connectivity index (χ0) is 19.3. The van der Waals surface area contributed by atoms with Gasteiger partial charge in [-0.25, -0.2) is 4.79 Å². The van der Waals surface area contributed by atoms with Crippen LogP contribution in [0.2, 0.25) is 0 Å². The van der Waals surface area contributed by atoms with Gasteiger partial charge in [-0.2, -0.15) is 0 Å². The lowest BCUT2D eigenvalue weighted by molar-refractivity contribution is -0.148. The van der Waals surface area contributed by atoms with Crippen molar-refractivity contribution in [3.8, 4) is 11.5 Å². The van der Waals surface area contributed by atoms with Crippen molar-refractivity contribution >= 4 is 23.6 Å². The van der Waals surface area contributed by atoms with Gasteiger partial charge in [0.05, 0.1) is 26.2 Å². The van der Waals surface area contributed by atoms with Crippen molar-refractivity contribution < 1.29 is 23.8 Å². The first-order chi connectivity index (χ1) is 12.4. The van der Waals surface area contributed by atoms with Crippen molar-refractivity contribution in [3.63, 3.8) is 0 Å². The number of methoxy groups -OCH3 is 2.